The van der Waals surface area contributed by atoms with Crippen molar-refractivity contribution in [2.75, 3.05) is 26.1 Å². The van der Waals surface area contributed by atoms with E-state index in [9.17, 15) is 13.7 Å². The number of nitrogens with zero attached hydrogens (tertiary/aromatic N) is 1. The molecule has 1 aliphatic rings. The molecule has 0 amide bonds. The molecule has 0 aromatic rings. The zero-order valence-corrected chi connectivity index (χ0v) is 16.5. The molecule has 2 unspecified atom stereocenters. The van der Waals surface area contributed by atoms with Gasteiger partial charge in [-0.15, -0.1) is 0 Å². The number of hydrogen-bond donors (Lipinski definition) is 0. The van der Waals surface area contributed by atoms with Crippen LogP contribution in [0.5, 0.6) is 0 Å². The van der Waals surface area contributed by atoms with Gasteiger partial charge in [0, 0.05) is 13.2 Å². The first kappa shape index (κ1) is 22.4. The van der Waals surface area contributed by atoms with E-state index in [1.165, 1.54) is 6.42 Å². The molecule has 1 fully saturated rings. The van der Waals surface area contributed by atoms with Crippen molar-refractivity contribution in [1.29, 1.82) is 5.26 Å². The number of nitriles is 1. The van der Waals surface area contributed by atoms with Gasteiger partial charge in [-0.25, -0.2) is 0 Å². The first-order valence-electron chi connectivity index (χ1n) is 9.33. The Bertz CT molecular complexity index is 496. The molecule has 7 heteroatoms. The van der Waals surface area contributed by atoms with Crippen LogP contribution in [-0.2, 0) is 23.8 Å². The molecule has 6 nitrogen and oxygen atoms in total. The minimum atomic E-state index is -3.50. The van der Waals surface area contributed by atoms with Gasteiger partial charge < -0.3 is 9.47 Å². The number of unbranched alkanes of at least 4 members (excludes halogenated alkanes) is 5. The molecule has 0 saturated carbocycles. The third-order valence-corrected chi connectivity index (χ3v) is 4.97. The van der Waals surface area contributed by atoms with Gasteiger partial charge in [0.15, 0.2) is 6.29 Å². The molecule has 0 aromatic heterocycles. The minimum absolute atomic E-state index is 0.00608. The second-order valence-electron chi connectivity index (χ2n) is 7.18. The van der Waals surface area contributed by atoms with Crippen molar-refractivity contribution in [3.63, 3.8) is 0 Å². The summed E-state index contributed by atoms with van der Waals surface area (Å²) in [5, 5.41) is 9.24. The van der Waals surface area contributed by atoms with Gasteiger partial charge in [-0.1, -0.05) is 32.1 Å². The lowest BCUT2D eigenvalue weighted by Crippen LogP contribution is -2.23. The Morgan fingerprint density at radius 3 is 2.44 bits per heavy atom. The van der Waals surface area contributed by atoms with Crippen LogP contribution in [0.1, 0.15) is 71.1 Å². The van der Waals surface area contributed by atoms with E-state index in [-0.39, 0.29) is 12.9 Å². The molecule has 1 saturated heterocycles. The maximum Gasteiger partial charge on any atom is 0.264 e. The summed E-state index contributed by atoms with van der Waals surface area (Å²) >= 11 is 0. The Balaban J connectivity index is 1.98. The summed E-state index contributed by atoms with van der Waals surface area (Å²) in [5.74, 6) is 0. The molecule has 2 atom stereocenters. The molecule has 1 heterocycles. The van der Waals surface area contributed by atoms with Crippen LogP contribution in [0, 0.1) is 16.7 Å². The summed E-state index contributed by atoms with van der Waals surface area (Å²) in [6.07, 6.45) is 11.4. The van der Waals surface area contributed by atoms with E-state index < -0.39 is 15.5 Å². The maximum atomic E-state index is 11.0. The fourth-order valence-electron chi connectivity index (χ4n) is 2.78. The van der Waals surface area contributed by atoms with Gasteiger partial charge in [0.05, 0.1) is 24.3 Å². The van der Waals surface area contributed by atoms with E-state index in [0.717, 1.165) is 70.8 Å². The zero-order chi connectivity index (χ0) is 18.6. The largest absolute Gasteiger partial charge is 0.353 e. The first-order valence-corrected chi connectivity index (χ1v) is 11.2. The molecule has 0 bridgehead atoms. The van der Waals surface area contributed by atoms with Crippen LogP contribution in [0.4, 0.5) is 0 Å². The zero-order valence-electron chi connectivity index (χ0n) is 15.7. The van der Waals surface area contributed by atoms with Crippen molar-refractivity contribution in [3.8, 4) is 6.07 Å². The van der Waals surface area contributed by atoms with E-state index in [2.05, 4.69) is 6.07 Å². The van der Waals surface area contributed by atoms with E-state index in [1.54, 1.807) is 6.92 Å². The van der Waals surface area contributed by atoms with Crippen molar-refractivity contribution >= 4 is 10.1 Å². The SMILES string of the molecule is CC(C#N)(CCCCCCCCOC1CCCCO1)COS(C)(=O)=O. The first-order chi connectivity index (χ1) is 11.8. The van der Waals surface area contributed by atoms with Crippen LogP contribution in [0.2, 0.25) is 0 Å². The van der Waals surface area contributed by atoms with Crippen molar-refractivity contribution in [1.82, 2.24) is 0 Å². The Morgan fingerprint density at radius 2 is 1.84 bits per heavy atom. The third-order valence-electron chi connectivity index (χ3n) is 4.43. The summed E-state index contributed by atoms with van der Waals surface area (Å²) < 4.78 is 38.1. The van der Waals surface area contributed by atoms with Crippen molar-refractivity contribution in [2.24, 2.45) is 5.41 Å². The molecule has 0 aromatic carbocycles. The average Bonchev–Trinajstić information content (AvgIpc) is 2.59. The highest BCUT2D eigenvalue weighted by Gasteiger charge is 2.25. The van der Waals surface area contributed by atoms with Crippen molar-refractivity contribution in [3.05, 3.63) is 0 Å². The Hall–Kier alpha value is -0.680. The lowest BCUT2D eigenvalue weighted by molar-refractivity contribution is -0.162. The standard InChI is InChI=1S/C18H33NO5S/c1-18(15-19,16-24-25(2,20)21)12-8-5-3-4-6-9-13-22-17-11-7-10-14-23-17/h17H,3-14,16H2,1-2H3. The van der Waals surface area contributed by atoms with Gasteiger partial charge in [0.25, 0.3) is 10.1 Å². The summed E-state index contributed by atoms with van der Waals surface area (Å²) in [4.78, 5) is 0. The molecule has 146 valence electrons. The quantitative estimate of drug-likeness (QED) is 0.360. The summed E-state index contributed by atoms with van der Waals surface area (Å²) in [7, 11) is -3.50. The highest BCUT2D eigenvalue weighted by atomic mass is 32.2. The number of hydrogen-bond acceptors (Lipinski definition) is 6. The highest BCUT2D eigenvalue weighted by molar-refractivity contribution is 7.85. The van der Waals surface area contributed by atoms with Crippen LogP contribution in [-0.4, -0.2) is 40.8 Å². The van der Waals surface area contributed by atoms with Gasteiger partial charge in [-0.2, -0.15) is 13.7 Å². The topological polar surface area (TPSA) is 85.6 Å². The molecule has 0 radical (unpaired) electrons. The molecular weight excluding hydrogens is 342 g/mol. The predicted octanol–water partition coefficient (Wildman–Crippen LogP) is 3.77. The Morgan fingerprint density at radius 1 is 1.16 bits per heavy atom. The number of ether oxygens (including phenoxy) is 2. The minimum Gasteiger partial charge on any atom is -0.353 e. The molecule has 0 N–H and O–H groups in total. The van der Waals surface area contributed by atoms with Gasteiger partial charge in [-0.05, 0) is 39.0 Å². The molecule has 0 aliphatic carbocycles. The van der Waals surface area contributed by atoms with Gasteiger partial charge >= 0.3 is 0 Å². The fraction of sp³-hybridized carbons (Fsp3) is 0.944. The second-order valence-corrected chi connectivity index (χ2v) is 8.82. The summed E-state index contributed by atoms with van der Waals surface area (Å²) in [6, 6.07) is 2.18. The third kappa shape index (κ3) is 11.5. The maximum absolute atomic E-state index is 11.0. The molecule has 0 spiro atoms. The van der Waals surface area contributed by atoms with E-state index in [0.29, 0.717) is 6.42 Å². The van der Waals surface area contributed by atoms with Crippen LogP contribution in [0.25, 0.3) is 0 Å². The van der Waals surface area contributed by atoms with Crippen LogP contribution >= 0.6 is 0 Å². The second kappa shape index (κ2) is 11.8. The van der Waals surface area contributed by atoms with Crippen LogP contribution < -0.4 is 0 Å². The van der Waals surface area contributed by atoms with Gasteiger partial charge in [0.2, 0.25) is 0 Å². The van der Waals surface area contributed by atoms with E-state index in [1.807, 2.05) is 0 Å². The van der Waals surface area contributed by atoms with Crippen LogP contribution in [0.15, 0.2) is 0 Å². The Labute approximate surface area is 153 Å². The molecular formula is C18H33NO5S. The van der Waals surface area contributed by atoms with Crippen molar-refractivity contribution in [2.45, 2.75) is 77.4 Å². The fourth-order valence-corrected chi connectivity index (χ4v) is 3.25. The monoisotopic (exact) mass is 375 g/mol. The lowest BCUT2D eigenvalue weighted by Gasteiger charge is -2.22. The van der Waals surface area contributed by atoms with Crippen molar-refractivity contribution < 1.29 is 22.1 Å². The lowest BCUT2D eigenvalue weighted by atomic mass is 9.87. The molecule has 1 rings (SSSR count). The average molecular weight is 376 g/mol. The molecule has 1 aliphatic heterocycles. The summed E-state index contributed by atoms with van der Waals surface area (Å²) in [5.41, 5.74) is -0.739. The predicted molar refractivity (Wildman–Crippen MR) is 96.4 cm³/mol. The number of rotatable bonds is 13. The Kier molecular flexibility index (Phi) is 10.6. The van der Waals surface area contributed by atoms with Gasteiger partial charge in [-0.3, -0.25) is 4.18 Å². The van der Waals surface area contributed by atoms with E-state index in [4.69, 9.17) is 13.7 Å². The van der Waals surface area contributed by atoms with Gasteiger partial charge in [0.1, 0.15) is 0 Å². The summed E-state index contributed by atoms with van der Waals surface area (Å²) in [6.45, 7) is 3.27. The molecule has 25 heavy (non-hydrogen) atoms. The smallest absolute Gasteiger partial charge is 0.264 e. The van der Waals surface area contributed by atoms with Crippen LogP contribution in [0.3, 0.4) is 0 Å². The highest BCUT2D eigenvalue weighted by Crippen LogP contribution is 2.25. The van der Waals surface area contributed by atoms with E-state index >= 15 is 0 Å². The normalized spacial score (nSPS) is 20.8.